The maximum Gasteiger partial charge on any atom is 0.338 e. The highest BCUT2D eigenvalue weighted by Gasteiger charge is 2.37. The van der Waals surface area contributed by atoms with E-state index in [0.717, 1.165) is 44.5 Å². The summed E-state index contributed by atoms with van der Waals surface area (Å²) in [6, 6.07) is 51.0. The molecule has 1 amide bonds. The van der Waals surface area contributed by atoms with E-state index in [1.807, 2.05) is 153 Å². The molecule has 0 heterocycles. The van der Waals surface area contributed by atoms with Crippen LogP contribution in [0.25, 0.3) is 33.4 Å². The van der Waals surface area contributed by atoms with Crippen LogP contribution in [0.15, 0.2) is 187 Å². The molecule has 296 valence electrons. The Bertz CT molecular complexity index is 2450. The standard InChI is InChI=1S/C53H49NO5/c1-36-32-47(53(2,3)4)34-46(49(36)59-52(58)45-30-26-43(27-31-45)40-18-12-7-13-19-40)35-54(50(55)44-28-24-42(25-29-44)39-16-10-6-11-17-39)48(51(56)57)33-37-20-22-41(23-21-37)38-14-8-5-9-15-38/h5-32,34,36,48-49H,33,35H2,1-4H3,(H,56,57). The number of carboxylic acid groups (broad SMARTS) is 1. The van der Waals surface area contributed by atoms with Crippen LogP contribution in [0.4, 0.5) is 0 Å². The molecule has 0 saturated heterocycles. The van der Waals surface area contributed by atoms with E-state index in [1.165, 1.54) is 4.90 Å². The van der Waals surface area contributed by atoms with Crippen LogP contribution in [0.2, 0.25) is 0 Å². The van der Waals surface area contributed by atoms with Gasteiger partial charge in [-0.1, -0.05) is 179 Å². The minimum absolute atomic E-state index is 0.0685. The van der Waals surface area contributed by atoms with Gasteiger partial charge in [-0.25, -0.2) is 9.59 Å². The van der Waals surface area contributed by atoms with E-state index < -0.39 is 30.0 Å². The molecule has 3 unspecified atom stereocenters. The van der Waals surface area contributed by atoms with Gasteiger partial charge in [0.1, 0.15) is 12.1 Å². The molecule has 6 aromatic rings. The zero-order valence-corrected chi connectivity index (χ0v) is 33.9. The lowest BCUT2D eigenvalue weighted by atomic mass is 9.77. The molecule has 1 aliphatic rings. The van der Waals surface area contributed by atoms with E-state index in [-0.39, 0.29) is 24.3 Å². The number of hydrogen-bond acceptors (Lipinski definition) is 4. The van der Waals surface area contributed by atoms with Crippen LogP contribution in [0, 0.1) is 11.3 Å². The number of carbonyl (C=O) groups is 3. The first kappa shape index (κ1) is 40.4. The van der Waals surface area contributed by atoms with E-state index >= 15 is 0 Å². The fourth-order valence-electron chi connectivity index (χ4n) is 7.58. The Hall–Kier alpha value is -6.79. The third-order valence-corrected chi connectivity index (χ3v) is 11.0. The number of benzene rings is 6. The van der Waals surface area contributed by atoms with Crippen molar-refractivity contribution in [3.8, 4) is 33.4 Å². The molecule has 1 aliphatic carbocycles. The summed E-state index contributed by atoms with van der Waals surface area (Å²) >= 11 is 0. The Kier molecular flexibility index (Phi) is 12.2. The topological polar surface area (TPSA) is 83.9 Å². The van der Waals surface area contributed by atoms with Crippen LogP contribution in [0.5, 0.6) is 0 Å². The van der Waals surface area contributed by atoms with Gasteiger partial charge < -0.3 is 14.7 Å². The predicted octanol–water partition coefficient (Wildman–Crippen LogP) is 11.6. The molecular formula is C53H49NO5. The van der Waals surface area contributed by atoms with E-state index in [4.69, 9.17) is 4.74 Å². The Morgan fingerprint density at radius 2 is 1.03 bits per heavy atom. The lowest BCUT2D eigenvalue weighted by molar-refractivity contribution is -0.142. The summed E-state index contributed by atoms with van der Waals surface area (Å²) in [6.45, 7) is 8.25. The van der Waals surface area contributed by atoms with Crippen LogP contribution in [-0.4, -0.2) is 46.5 Å². The van der Waals surface area contributed by atoms with Gasteiger partial charge >= 0.3 is 11.9 Å². The Morgan fingerprint density at radius 3 is 1.47 bits per heavy atom. The number of ether oxygens (including phenoxy) is 1. The first-order valence-electron chi connectivity index (χ1n) is 20.1. The lowest BCUT2D eigenvalue weighted by Crippen LogP contribution is -2.49. The van der Waals surface area contributed by atoms with Crippen LogP contribution in [-0.2, 0) is 16.0 Å². The summed E-state index contributed by atoms with van der Waals surface area (Å²) in [5.74, 6) is -2.32. The van der Waals surface area contributed by atoms with Gasteiger partial charge in [0.2, 0.25) is 0 Å². The first-order chi connectivity index (χ1) is 28.4. The molecule has 0 radical (unpaired) electrons. The third-order valence-electron chi connectivity index (χ3n) is 11.0. The number of aliphatic carboxylic acids is 1. The van der Waals surface area contributed by atoms with Gasteiger partial charge in [-0.05, 0) is 79.8 Å². The van der Waals surface area contributed by atoms with Crippen molar-refractivity contribution in [1.29, 1.82) is 0 Å². The van der Waals surface area contributed by atoms with Gasteiger partial charge in [-0.3, -0.25) is 4.79 Å². The van der Waals surface area contributed by atoms with E-state index in [2.05, 4.69) is 26.8 Å². The molecule has 0 fully saturated rings. The third kappa shape index (κ3) is 9.68. The van der Waals surface area contributed by atoms with Crippen molar-refractivity contribution in [2.75, 3.05) is 6.54 Å². The van der Waals surface area contributed by atoms with Crippen molar-refractivity contribution in [3.63, 3.8) is 0 Å². The highest BCUT2D eigenvalue weighted by molar-refractivity contribution is 5.97. The van der Waals surface area contributed by atoms with Crippen molar-refractivity contribution >= 4 is 17.8 Å². The SMILES string of the molecule is CC1C=C(C(C)(C)C)C=C(CN(C(=O)c2ccc(-c3ccccc3)cc2)C(Cc2ccc(-c3ccccc3)cc2)C(=O)O)C1OC(=O)c1ccc(-c2ccccc2)cc1. The number of hydrogen-bond donors (Lipinski definition) is 1. The van der Waals surface area contributed by atoms with Crippen LogP contribution in [0.3, 0.4) is 0 Å². The molecule has 0 aliphatic heterocycles. The van der Waals surface area contributed by atoms with Crippen molar-refractivity contribution in [2.24, 2.45) is 11.3 Å². The van der Waals surface area contributed by atoms with Gasteiger partial charge in [0.15, 0.2) is 0 Å². The highest BCUT2D eigenvalue weighted by atomic mass is 16.5. The highest BCUT2D eigenvalue weighted by Crippen LogP contribution is 2.37. The molecule has 6 heteroatoms. The monoisotopic (exact) mass is 779 g/mol. The number of nitrogens with zero attached hydrogens (tertiary/aromatic N) is 1. The van der Waals surface area contributed by atoms with Crippen LogP contribution >= 0.6 is 0 Å². The fraction of sp³-hybridized carbons (Fsp3) is 0.189. The summed E-state index contributed by atoms with van der Waals surface area (Å²) in [5.41, 5.74) is 8.96. The van der Waals surface area contributed by atoms with E-state index in [1.54, 1.807) is 24.3 Å². The van der Waals surface area contributed by atoms with Gasteiger partial charge in [-0.2, -0.15) is 0 Å². The van der Waals surface area contributed by atoms with Gasteiger partial charge in [0.05, 0.1) is 5.56 Å². The summed E-state index contributed by atoms with van der Waals surface area (Å²) < 4.78 is 6.34. The van der Waals surface area contributed by atoms with Crippen LogP contribution < -0.4 is 0 Å². The largest absolute Gasteiger partial charge is 0.480 e. The molecule has 1 N–H and O–H groups in total. The molecule has 6 aromatic carbocycles. The summed E-state index contributed by atoms with van der Waals surface area (Å²) in [7, 11) is 0. The van der Waals surface area contributed by atoms with Crippen molar-refractivity contribution in [2.45, 2.75) is 46.3 Å². The zero-order chi connectivity index (χ0) is 41.5. The molecule has 59 heavy (non-hydrogen) atoms. The summed E-state index contributed by atoms with van der Waals surface area (Å²) in [4.78, 5) is 43.5. The quantitative estimate of drug-likeness (QED) is 0.125. The summed E-state index contributed by atoms with van der Waals surface area (Å²) in [5, 5.41) is 10.9. The molecule has 0 saturated carbocycles. The predicted molar refractivity (Wildman–Crippen MR) is 236 cm³/mol. The second kappa shape index (κ2) is 17.8. The molecule has 6 nitrogen and oxygen atoms in total. The Balaban J connectivity index is 1.23. The van der Waals surface area contributed by atoms with E-state index in [0.29, 0.717) is 16.7 Å². The molecule has 0 spiro atoms. The molecule has 3 atom stereocenters. The smallest absolute Gasteiger partial charge is 0.338 e. The Morgan fingerprint density at radius 1 is 0.610 bits per heavy atom. The molecule has 0 bridgehead atoms. The van der Waals surface area contributed by atoms with Gasteiger partial charge in [0, 0.05) is 24.4 Å². The normalized spacial score (nSPS) is 15.7. The first-order valence-corrected chi connectivity index (χ1v) is 20.1. The second-order valence-electron chi connectivity index (χ2n) is 16.2. The van der Waals surface area contributed by atoms with Crippen molar-refractivity contribution in [1.82, 2.24) is 4.90 Å². The minimum atomic E-state index is -1.24. The van der Waals surface area contributed by atoms with Gasteiger partial charge in [-0.15, -0.1) is 0 Å². The maximum atomic E-state index is 14.8. The maximum absolute atomic E-state index is 14.8. The van der Waals surface area contributed by atoms with Crippen molar-refractivity contribution < 1.29 is 24.2 Å². The molecule has 0 aromatic heterocycles. The zero-order valence-electron chi connectivity index (χ0n) is 33.9. The van der Waals surface area contributed by atoms with E-state index in [9.17, 15) is 19.5 Å². The number of carboxylic acids is 1. The number of rotatable bonds is 12. The fourth-order valence-corrected chi connectivity index (χ4v) is 7.58. The van der Waals surface area contributed by atoms with Crippen molar-refractivity contribution in [3.05, 3.63) is 204 Å². The summed E-state index contributed by atoms with van der Waals surface area (Å²) in [6.07, 6.45) is 3.42. The number of esters is 1. The number of amides is 1. The molecular weight excluding hydrogens is 731 g/mol. The van der Waals surface area contributed by atoms with Gasteiger partial charge in [0.25, 0.3) is 5.91 Å². The second-order valence-corrected chi connectivity index (χ2v) is 16.2. The Labute approximate surface area is 347 Å². The number of carbonyl (C=O) groups excluding carboxylic acids is 2. The average Bonchev–Trinajstić information content (AvgIpc) is 3.26. The minimum Gasteiger partial charge on any atom is -0.480 e. The molecule has 7 rings (SSSR count). The average molecular weight is 780 g/mol. The van der Waals surface area contributed by atoms with Crippen LogP contribution in [0.1, 0.15) is 54.0 Å². The number of allylic oxidation sites excluding steroid dienone is 2. The lowest BCUT2D eigenvalue weighted by Gasteiger charge is -2.37.